The molecule has 98 valence electrons. The molecule has 0 radical (unpaired) electrons. The SMILES string of the molecule is CC(N=O)C(O)CNC(=O)C1CCN(C)CC1. The minimum atomic E-state index is -0.900. The third kappa shape index (κ3) is 4.40. The molecule has 6 heteroatoms. The van der Waals surface area contributed by atoms with Gasteiger partial charge in [0.2, 0.25) is 5.91 Å². The van der Waals surface area contributed by atoms with Gasteiger partial charge >= 0.3 is 0 Å². The van der Waals surface area contributed by atoms with Crippen LogP contribution in [0, 0.1) is 10.8 Å². The highest BCUT2D eigenvalue weighted by molar-refractivity contribution is 5.78. The van der Waals surface area contributed by atoms with Crippen LogP contribution in [0.4, 0.5) is 0 Å². The second-order valence-corrected chi connectivity index (χ2v) is 4.74. The summed E-state index contributed by atoms with van der Waals surface area (Å²) in [7, 11) is 2.04. The molecule has 1 amide bonds. The van der Waals surface area contributed by atoms with E-state index in [0.29, 0.717) is 0 Å². The van der Waals surface area contributed by atoms with Gasteiger partial charge in [-0.15, -0.1) is 0 Å². The van der Waals surface area contributed by atoms with Crippen LogP contribution < -0.4 is 5.32 Å². The van der Waals surface area contributed by atoms with Crippen molar-refractivity contribution in [3.05, 3.63) is 4.91 Å². The molecule has 0 bridgehead atoms. The van der Waals surface area contributed by atoms with Crippen molar-refractivity contribution in [1.82, 2.24) is 10.2 Å². The minimum Gasteiger partial charge on any atom is -0.389 e. The van der Waals surface area contributed by atoms with E-state index in [9.17, 15) is 14.8 Å². The summed E-state index contributed by atoms with van der Waals surface area (Å²) in [6, 6.07) is -0.687. The Morgan fingerprint density at radius 1 is 1.53 bits per heavy atom. The number of aliphatic hydroxyl groups excluding tert-OH is 1. The number of hydrogen-bond donors (Lipinski definition) is 2. The van der Waals surface area contributed by atoms with Crippen LogP contribution in [0.1, 0.15) is 19.8 Å². The molecule has 0 spiro atoms. The first-order valence-corrected chi connectivity index (χ1v) is 6.01. The first kappa shape index (κ1) is 14.1. The van der Waals surface area contributed by atoms with E-state index in [1.54, 1.807) is 0 Å². The lowest BCUT2D eigenvalue weighted by atomic mass is 9.96. The maximum absolute atomic E-state index is 11.8. The van der Waals surface area contributed by atoms with Gasteiger partial charge < -0.3 is 15.3 Å². The summed E-state index contributed by atoms with van der Waals surface area (Å²) in [6.45, 7) is 3.47. The van der Waals surface area contributed by atoms with E-state index in [4.69, 9.17) is 0 Å². The van der Waals surface area contributed by atoms with Crippen LogP contribution in [0.15, 0.2) is 5.18 Å². The molecular weight excluding hydrogens is 222 g/mol. The van der Waals surface area contributed by atoms with Crippen molar-refractivity contribution in [2.75, 3.05) is 26.7 Å². The molecular formula is C11H21N3O3. The van der Waals surface area contributed by atoms with E-state index in [2.05, 4.69) is 15.4 Å². The van der Waals surface area contributed by atoms with Crippen LogP contribution in [0.3, 0.4) is 0 Å². The molecule has 0 aromatic heterocycles. The van der Waals surface area contributed by atoms with Crippen molar-refractivity contribution < 1.29 is 9.90 Å². The molecule has 0 aromatic carbocycles. The largest absolute Gasteiger partial charge is 0.389 e. The summed E-state index contributed by atoms with van der Waals surface area (Å²) < 4.78 is 0. The third-order valence-electron chi connectivity index (χ3n) is 3.30. The minimum absolute atomic E-state index is 0.0258. The van der Waals surface area contributed by atoms with Gasteiger partial charge in [0.25, 0.3) is 0 Å². The number of likely N-dealkylation sites (tertiary alicyclic amines) is 1. The standard InChI is InChI=1S/C11H21N3O3/c1-8(13-17)10(15)7-12-11(16)9-3-5-14(2)6-4-9/h8-10,15H,3-7H2,1-2H3,(H,12,16). The molecule has 0 aromatic rings. The molecule has 2 N–H and O–H groups in total. The number of nitrogens with one attached hydrogen (secondary N) is 1. The maximum Gasteiger partial charge on any atom is 0.223 e. The van der Waals surface area contributed by atoms with E-state index in [0.717, 1.165) is 25.9 Å². The number of carbonyl (C=O) groups excluding carboxylic acids is 1. The Morgan fingerprint density at radius 2 is 2.12 bits per heavy atom. The van der Waals surface area contributed by atoms with Crippen LogP contribution in [0.5, 0.6) is 0 Å². The average molecular weight is 243 g/mol. The summed E-state index contributed by atoms with van der Waals surface area (Å²) in [5, 5.41) is 14.9. The van der Waals surface area contributed by atoms with Gasteiger partial charge in [0, 0.05) is 12.5 Å². The zero-order chi connectivity index (χ0) is 12.8. The molecule has 1 fully saturated rings. The van der Waals surface area contributed by atoms with Crippen molar-refractivity contribution in [3.63, 3.8) is 0 Å². The number of hydrogen-bond acceptors (Lipinski definition) is 5. The highest BCUT2D eigenvalue weighted by atomic mass is 16.3. The first-order valence-electron chi connectivity index (χ1n) is 6.01. The van der Waals surface area contributed by atoms with Crippen LogP contribution in [0.25, 0.3) is 0 Å². The third-order valence-corrected chi connectivity index (χ3v) is 3.30. The van der Waals surface area contributed by atoms with Gasteiger partial charge in [-0.2, -0.15) is 4.91 Å². The predicted octanol–water partition coefficient (Wildman–Crippen LogP) is -0.0398. The molecule has 6 nitrogen and oxygen atoms in total. The van der Waals surface area contributed by atoms with Gasteiger partial charge in [-0.1, -0.05) is 5.18 Å². The monoisotopic (exact) mass is 243 g/mol. The normalized spacial score (nSPS) is 21.8. The maximum atomic E-state index is 11.8. The fourth-order valence-corrected chi connectivity index (χ4v) is 1.86. The highest BCUT2D eigenvalue weighted by Gasteiger charge is 2.24. The summed E-state index contributed by atoms with van der Waals surface area (Å²) in [5.74, 6) is -0.00635. The first-order chi connectivity index (χ1) is 8.04. The quantitative estimate of drug-likeness (QED) is 0.664. The molecule has 2 atom stereocenters. The summed E-state index contributed by atoms with van der Waals surface area (Å²) in [4.78, 5) is 24.2. The van der Waals surface area contributed by atoms with Crippen LogP contribution in [0.2, 0.25) is 0 Å². The summed E-state index contributed by atoms with van der Waals surface area (Å²) in [6.07, 6.45) is 0.794. The summed E-state index contributed by atoms with van der Waals surface area (Å²) >= 11 is 0. The lowest BCUT2D eigenvalue weighted by molar-refractivity contribution is -0.126. The van der Waals surface area contributed by atoms with Gasteiger partial charge in [0.15, 0.2) is 0 Å². The molecule has 1 saturated heterocycles. The Labute approximate surface area is 101 Å². The molecule has 1 heterocycles. The van der Waals surface area contributed by atoms with E-state index in [-0.39, 0.29) is 18.4 Å². The lowest BCUT2D eigenvalue weighted by Gasteiger charge is -2.28. The number of nitrogens with zero attached hydrogens (tertiary/aromatic N) is 2. The van der Waals surface area contributed by atoms with E-state index >= 15 is 0 Å². The fourth-order valence-electron chi connectivity index (χ4n) is 1.86. The Morgan fingerprint density at radius 3 is 2.65 bits per heavy atom. The zero-order valence-electron chi connectivity index (χ0n) is 10.4. The topological polar surface area (TPSA) is 82.0 Å². The number of carbonyl (C=O) groups is 1. The zero-order valence-corrected chi connectivity index (χ0v) is 10.4. The second kappa shape index (κ2) is 6.66. The van der Waals surface area contributed by atoms with E-state index < -0.39 is 12.1 Å². The number of aliphatic hydroxyl groups is 1. The molecule has 2 unspecified atom stereocenters. The van der Waals surface area contributed by atoms with E-state index in [1.165, 1.54) is 6.92 Å². The van der Waals surface area contributed by atoms with Crippen molar-refractivity contribution in [2.45, 2.75) is 31.9 Å². The predicted molar refractivity (Wildman–Crippen MR) is 64.5 cm³/mol. The van der Waals surface area contributed by atoms with Crippen molar-refractivity contribution in [2.24, 2.45) is 11.1 Å². The molecule has 1 aliphatic heterocycles. The van der Waals surface area contributed by atoms with Gasteiger partial charge in [-0.05, 0) is 39.9 Å². The molecule has 0 saturated carbocycles. The molecule has 17 heavy (non-hydrogen) atoms. The van der Waals surface area contributed by atoms with Crippen LogP contribution in [-0.2, 0) is 4.79 Å². The number of nitroso groups, excluding NO2 is 1. The van der Waals surface area contributed by atoms with Crippen molar-refractivity contribution >= 4 is 5.91 Å². The number of piperidine rings is 1. The van der Waals surface area contributed by atoms with Gasteiger partial charge in [0.1, 0.15) is 6.04 Å². The highest BCUT2D eigenvalue weighted by Crippen LogP contribution is 2.15. The number of amides is 1. The Kier molecular flexibility index (Phi) is 5.50. The Balaban J connectivity index is 2.27. The fraction of sp³-hybridized carbons (Fsp3) is 0.909. The van der Waals surface area contributed by atoms with Gasteiger partial charge in [-0.3, -0.25) is 4.79 Å². The van der Waals surface area contributed by atoms with Crippen LogP contribution in [-0.4, -0.2) is 54.7 Å². The smallest absolute Gasteiger partial charge is 0.223 e. The summed E-state index contributed by atoms with van der Waals surface area (Å²) in [5.41, 5.74) is 0. The lowest BCUT2D eigenvalue weighted by Crippen LogP contribution is -2.43. The van der Waals surface area contributed by atoms with E-state index in [1.807, 2.05) is 7.05 Å². The second-order valence-electron chi connectivity index (χ2n) is 4.74. The number of rotatable bonds is 5. The average Bonchev–Trinajstić information content (AvgIpc) is 2.35. The molecule has 1 aliphatic rings. The molecule has 0 aliphatic carbocycles. The van der Waals surface area contributed by atoms with Crippen LogP contribution >= 0.6 is 0 Å². The van der Waals surface area contributed by atoms with Gasteiger partial charge in [-0.25, -0.2) is 0 Å². The van der Waals surface area contributed by atoms with Gasteiger partial charge in [0.05, 0.1) is 6.10 Å². The van der Waals surface area contributed by atoms with Crippen molar-refractivity contribution in [1.29, 1.82) is 0 Å². The Hall–Kier alpha value is -1.01. The molecule has 1 rings (SSSR count). The Bertz CT molecular complexity index is 265. The van der Waals surface area contributed by atoms with Crippen molar-refractivity contribution in [3.8, 4) is 0 Å².